The summed E-state index contributed by atoms with van der Waals surface area (Å²) in [5.41, 5.74) is 5.45. The average molecular weight is 255 g/mol. The maximum absolute atomic E-state index is 11.0. The summed E-state index contributed by atoms with van der Waals surface area (Å²) in [6.45, 7) is 4.06. The summed E-state index contributed by atoms with van der Waals surface area (Å²) >= 11 is 1.73. The van der Waals surface area contributed by atoms with Crippen LogP contribution in [0.15, 0.2) is 4.99 Å². The summed E-state index contributed by atoms with van der Waals surface area (Å²) in [5, 5.41) is 4.41. The summed E-state index contributed by atoms with van der Waals surface area (Å²) in [6.07, 6.45) is 4.99. The van der Waals surface area contributed by atoms with Crippen molar-refractivity contribution in [3.63, 3.8) is 0 Å². The predicted octanol–water partition coefficient (Wildman–Crippen LogP) is 1.50. The summed E-state index contributed by atoms with van der Waals surface area (Å²) in [7, 11) is 0. The lowest BCUT2D eigenvalue weighted by Crippen LogP contribution is -2.46. The highest BCUT2D eigenvalue weighted by Crippen LogP contribution is 2.38. The van der Waals surface area contributed by atoms with Gasteiger partial charge in [0, 0.05) is 11.3 Å². The number of rotatable bonds is 2. The molecule has 1 aliphatic heterocycles. The Morgan fingerprint density at radius 2 is 2.24 bits per heavy atom. The van der Waals surface area contributed by atoms with Gasteiger partial charge in [0.2, 0.25) is 5.91 Å². The zero-order valence-electron chi connectivity index (χ0n) is 10.5. The number of amides is 1. The van der Waals surface area contributed by atoms with Crippen LogP contribution in [-0.2, 0) is 4.79 Å². The molecule has 1 aliphatic carbocycles. The van der Waals surface area contributed by atoms with Crippen molar-refractivity contribution in [1.29, 1.82) is 0 Å². The largest absolute Gasteiger partial charge is 0.368 e. The molecule has 1 atom stereocenters. The van der Waals surface area contributed by atoms with Gasteiger partial charge in [-0.25, -0.2) is 4.99 Å². The van der Waals surface area contributed by atoms with Crippen LogP contribution in [0.25, 0.3) is 0 Å². The Morgan fingerprint density at radius 1 is 1.59 bits per heavy atom. The van der Waals surface area contributed by atoms with Gasteiger partial charge >= 0.3 is 0 Å². The first-order valence-corrected chi connectivity index (χ1v) is 7.27. The van der Waals surface area contributed by atoms with Gasteiger partial charge in [-0.3, -0.25) is 4.79 Å². The van der Waals surface area contributed by atoms with Crippen LogP contribution in [0.5, 0.6) is 0 Å². The second-order valence-electron chi connectivity index (χ2n) is 5.39. The normalized spacial score (nSPS) is 37.1. The van der Waals surface area contributed by atoms with Crippen LogP contribution < -0.4 is 11.1 Å². The third-order valence-corrected chi connectivity index (χ3v) is 4.99. The third kappa shape index (κ3) is 2.94. The number of primary amides is 1. The molecule has 0 aromatic rings. The third-order valence-electron chi connectivity index (χ3n) is 3.81. The SMILES string of the molecule is CC1CCC2(CC1)CSC(=NC(C)C(N)=O)N2. The Balaban J connectivity index is 1.97. The molecule has 96 valence electrons. The maximum atomic E-state index is 11.0. The van der Waals surface area contributed by atoms with Crippen LogP contribution >= 0.6 is 11.8 Å². The van der Waals surface area contributed by atoms with E-state index in [2.05, 4.69) is 17.2 Å². The molecule has 1 unspecified atom stereocenters. The van der Waals surface area contributed by atoms with Crippen molar-refractivity contribution in [2.75, 3.05) is 5.75 Å². The second kappa shape index (κ2) is 4.88. The fraction of sp³-hybridized carbons (Fsp3) is 0.833. The summed E-state index contributed by atoms with van der Waals surface area (Å²) in [5.74, 6) is 1.56. The Bertz CT molecular complexity index is 335. The highest BCUT2D eigenvalue weighted by molar-refractivity contribution is 8.14. The number of hydrogen-bond donors (Lipinski definition) is 2. The number of nitrogens with two attached hydrogens (primary N) is 1. The minimum atomic E-state index is -0.428. The number of carbonyl (C=O) groups is 1. The quantitative estimate of drug-likeness (QED) is 0.786. The predicted molar refractivity (Wildman–Crippen MR) is 72.0 cm³/mol. The van der Waals surface area contributed by atoms with E-state index >= 15 is 0 Å². The number of carbonyl (C=O) groups excluding carboxylic acids is 1. The van der Waals surface area contributed by atoms with Crippen molar-refractivity contribution in [2.24, 2.45) is 16.6 Å². The molecular weight excluding hydrogens is 234 g/mol. The van der Waals surface area contributed by atoms with Crippen LogP contribution in [-0.4, -0.2) is 28.4 Å². The fourth-order valence-corrected chi connectivity index (χ4v) is 3.69. The second-order valence-corrected chi connectivity index (χ2v) is 6.35. The first-order valence-electron chi connectivity index (χ1n) is 6.29. The molecule has 1 spiro atoms. The minimum Gasteiger partial charge on any atom is -0.368 e. The van der Waals surface area contributed by atoms with Crippen molar-refractivity contribution >= 4 is 22.8 Å². The van der Waals surface area contributed by atoms with Gasteiger partial charge in [-0.05, 0) is 38.5 Å². The molecule has 1 saturated heterocycles. The molecule has 0 aromatic carbocycles. The molecule has 4 nitrogen and oxygen atoms in total. The highest BCUT2D eigenvalue weighted by atomic mass is 32.2. The van der Waals surface area contributed by atoms with Crippen molar-refractivity contribution in [1.82, 2.24) is 5.32 Å². The number of aliphatic imine (C=N–C) groups is 1. The number of hydrogen-bond acceptors (Lipinski definition) is 3. The lowest BCUT2D eigenvalue weighted by Gasteiger charge is -2.35. The average Bonchev–Trinajstić information content (AvgIpc) is 2.67. The van der Waals surface area contributed by atoms with E-state index in [1.807, 2.05) is 0 Å². The van der Waals surface area contributed by atoms with Gasteiger partial charge in [0.1, 0.15) is 6.04 Å². The van der Waals surface area contributed by atoms with Crippen molar-refractivity contribution in [3.05, 3.63) is 0 Å². The summed E-state index contributed by atoms with van der Waals surface area (Å²) in [6, 6.07) is -0.428. The molecule has 1 heterocycles. The molecular formula is C12H21N3OS. The van der Waals surface area contributed by atoms with E-state index in [9.17, 15) is 4.79 Å². The maximum Gasteiger partial charge on any atom is 0.242 e. The van der Waals surface area contributed by atoms with Gasteiger partial charge in [0.15, 0.2) is 5.17 Å². The molecule has 5 heteroatoms. The van der Waals surface area contributed by atoms with E-state index in [-0.39, 0.29) is 11.4 Å². The number of nitrogens with zero attached hydrogens (tertiary/aromatic N) is 1. The Morgan fingerprint density at radius 3 is 2.82 bits per heavy atom. The van der Waals surface area contributed by atoms with Gasteiger partial charge in [-0.2, -0.15) is 0 Å². The topological polar surface area (TPSA) is 67.5 Å². The molecule has 2 aliphatic rings. The number of amidine groups is 1. The highest BCUT2D eigenvalue weighted by Gasteiger charge is 2.39. The van der Waals surface area contributed by atoms with Gasteiger partial charge in [0.25, 0.3) is 0 Å². The lowest BCUT2D eigenvalue weighted by molar-refractivity contribution is -0.118. The van der Waals surface area contributed by atoms with E-state index in [0.29, 0.717) is 0 Å². The lowest BCUT2D eigenvalue weighted by atomic mass is 9.78. The van der Waals surface area contributed by atoms with E-state index in [1.165, 1.54) is 25.7 Å². The molecule has 0 bridgehead atoms. The first kappa shape index (κ1) is 12.7. The van der Waals surface area contributed by atoms with E-state index in [0.717, 1.165) is 16.8 Å². The molecule has 1 saturated carbocycles. The fourth-order valence-electron chi connectivity index (χ4n) is 2.40. The van der Waals surface area contributed by atoms with E-state index in [4.69, 9.17) is 5.73 Å². The van der Waals surface area contributed by atoms with Crippen molar-refractivity contribution in [3.8, 4) is 0 Å². The van der Waals surface area contributed by atoms with E-state index < -0.39 is 6.04 Å². The molecule has 0 aromatic heterocycles. The molecule has 2 fully saturated rings. The van der Waals surface area contributed by atoms with E-state index in [1.54, 1.807) is 18.7 Å². The van der Waals surface area contributed by atoms with Gasteiger partial charge in [-0.15, -0.1) is 0 Å². The van der Waals surface area contributed by atoms with Crippen LogP contribution in [0.1, 0.15) is 39.5 Å². The van der Waals surface area contributed by atoms with Gasteiger partial charge in [-0.1, -0.05) is 18.7 Å². The Labute approximate surface area is 107 Å². The molecule has 1 amide bonds. The monoisotopic (exact) mass is 255 g/mol. The molecule has 0 radical (unpaired) electrons. The van der Waals surface area contributed by atoms with Crippen LogP contribution in [0, 0.1) is 5.92 Å². The van der Waals surface area contributed by atoms with Crippen LogP contribution in [0.3, 0.4) is 0 Å². The van der Waals surface area contributed by atoms with Crippen LogP contribution in [0.4, 0.5) is 0 Å². The summed E-state index contributed by atoms with van der Waals surface area (Å²) in [4.78, 5) is 15.3. The molecule has 17 heavy (non-hydrogen) atoms. The van der Waals surface area contributed by atoms with Crippen molar-refractivity contribution in [2.45, 2.75) is 51.1 Å². The zero-order chi connectivity index (χ0) is 12.5. The summed E-state index contributed by atoms with van der Waals surface area (Å²) < 4.78 is 0. The molecule has 3 N–H and O–H groups in total. The first-order chi connectivity index (χ1) is 8.01. The number of nitrogens with one attached hydrogen (secondary N) is 1. The smallest absolute Gasteiger partial charge is 0.242 e. The van der Waals surface area contributed by atoms with Crippen LogP contribution in [0.2, 0.25) is 0 Å². The molecule has 2 rings (SSSR count). The Hall–Kier alpha value is -0.710. The van der Waals surface area contributed by atoms with Gasteiger partial charge in [0.05, 0.1) is 0 Å². The Kier molecular flexibility index (Phi) is 3.66. The zero-order valence-corrected chi connectivity index (χ0v) is 11.3. The standard InChI is InChI=1S/C12H21N3OS/c1-8-3-5-12(6-4-8)7-17-11(15-12)14-9(2)10(13)16/h8-9H,3-7H2,1-2H3,(H2,13,16)(H,14,15). The number of thioether (sulfide) groups is 1. The minimum absolute atomic E-state index is 0.230. The van der Waals surface area contributed by atoms with Crippen molar-refractivity contribution < 1.29 is 4.79 Å². The van der Waals surface area contributed by atoms with Gasteiger partial charge < -0.3 is 11.1 Å².